The molecule has 1 aliphatic carbocycles. The molecule has 72 valence electrons. The minimum atomic E-state index is -0.579. The molecule has 1 atom stereocenters. The van der Waals surface area contributed by atoms with Gasteiger partial charge in [0.05, 0.1) is 10.6 Å². The van der Waals surface area contributed by atoms with Crippen LogP contribution in [0, 0.1) is 5.41 Å². The van der Waals surface area contributed by atoms with Crippen LogP contribution in [0.2, 0.25) is 0 Å². The van der Waals surface area contributed by atoms with E-state index in [4.69, 9.17) is 0 Å². The Morgan fingerprint density at radius 3 is 2.85 bits per heavy atom. The number of aliphatic hydroxyl groups is 1. The van der Waals surface area contributed by atoms with Crippen LogP contribution in [0.1, 0.15) is 31.7 Å². The molecule has 0 saturated heterocycles. The highest BCUT2D eigenvalue weighted by molar-refractivity contribution is 7.09. The van der Waals surface area contributed by atoms with Crippen molar-refractivity contribution in [1.29, 1.82) is 0 Å². The fraction of sp³-hybridized carbons (Fsp3) is 0.700. The molecule has 2 rings (SSSR count). The largest absolute Gasteiger partial charge is 0.389 e. The van der Waals surface area contributed by atoms with Gasteiger partial charge in [0.15, 0.2) is 0 Å². The Labute approximate surface area is 82.6 Å². The molecular formula is C10H15NOS. The van der Waals surface area contributed by atoms with Crippen LogP contribution in [-0.2, 0) is 6.42 Å². The van der Waals surface area contributed by atoms with Crippen LogP contribution in [-0.4, -0.2) is 15.7 Å². The molecule has 13 heavy (non-hydrogen) atoms. The number of hydrogen-bond acceptors (Lipinski definition) is 3. The number of nitrogens with zero attached hydrogens (tertiary/aromatic N) is 1. The molecule has 1 unspecified atom stereocenters. The summed E-state index contributed by atoms with van der Waals surface area (Å²) in [6.45, 7) is 4.09. The summed E-state index contributed by atoms with van der Waals surface area (Å²) >= 11 is 1.62. The maximum atomic E-state index is 10.3. The first-order chi connectivity index (χ1) is 6.04. The number of rotatable bonds is 3. The molecule has 0 aromatic carbocycles. The number of aromatic nitrogens is 1. The third kappa shape index (κ3) is 1.63. The van der Waals surface area contributed by atoms with Gasteiger partial charge in [-0.2, -0.15) is 0 Å². The number of thiazole rings is 1. The Morgan fingerprint density at radius 2 is 2.38 bits per heavy atom. The van der Waals surface area contributed by atoms with Crippen molar-refractivity contribution >= 4 is 11.3 Å². The predicted octanol–water partition coefficient (Wildman–Crippen LogP) is 2.24. The molecule has 3 heteroatoms. The lowest BCUT2D eigenvalue weighted by atomic mass is 9.85. The van der Waals surface area contributed by atoms with Crippen molar-refractivity contribution < 1.29 is 5.11 Å². The summed E-state index contributed by atoms with van der Waals surface area (Å²) in [4.78, 5) is 4.20. The third-order valence-corrected chi connectivity index (χ3v) is 4.06. The van der Waals surface area contributed by atoms with Crippen LogP contribution < -0.4 is 0 Å². The van der Waals surface area contributed by atoms with Crippen molar-refractivity contribution in [3.05, 3.63) is 16.6 Å². The van der Waals surface area contributed by atoms with Gasteiger partial charge in [0, 0.05) is 18.0 Å². The Kier molecular flexibility index (Phi) is 1.96. The highest BCUT2D eigenvalue weighted by Crippen LogP contribution is 2.54. The molecule has 1 aliphatic rings. The van der Waals surface area contributed by atoms with Crippen molar-refractivity contribution in [2.24, 2.45) is 5.41 Å². The van der Waals surface area contributed by atoms with Gasteiger partial charge in [-0.05, 0) is 25.2 Å². The quantitative estimate of drug-likeness (QED) is 0.806. The Morgan fingerprint density at radius 1 is 1.69 bits per heavy atom. The molecule has 1 heterocycles. The molecule has 0 spiro atoms. The van der Waals surface area contributed by atoms with E-state index in [1.165, 1.54) is 0 Å². The predicted molar refractivity (Wildman–Crippen MR) is 53.8 cm³/mol. The van der Waals surface area contributed by atoms with Crippen molar-refractivity contribution in [3.63, 3.8) is 0 Å². The summed E-state index contributed by atoms with van der Waals surface area (Å²) in [5.74, 6) is 0. The second-order valence-corrected chi connectivity index (χ2v) is 5.42. The smallest absolute Gasteiger partial charge is 0.0953 e. The highest BCUT2D eigenvalue weighted by atomic mass is 32.1. The second kappa shape index (κ2) is 2.79. The lowest BCUT2D eigenvalue weighted by molar-refractivity contribution is -0.00705. The molecule has 1 aromatic heterocycles. The minimum Gasteiger partial charge on any atom is -0.389 e. The van der Waals surface area contributed by atoms with Crippen LogP contribution in [0.4, 0.5) is 0 Å². The van der Waals surface area contributed by atoms with E-state index in [1.54, 1.807) is 17.5 Å². The van der Waals surface area contributed by atoms with E-state index in [2.05, 4.69) is 11.9 Å². The topological polar surface area (TPSA) is 33.1 Å². The van der Waals surface area contributed by atoms with Crippen molar-refractivity contribution in [3.8, 4) is 0 Å². The van der Waals surface area contributed by atoms with Crippen LogP contribution in [0.3, 0.4) is 0 Å². The van der Waals surface area contributed by atoms with Gasteiger partial charge < -0.3 is 5.11 Å². The van der Waals surface area contributed by atoms with E-state index >= 15 is 0 Å². The first kappa shape index (κ1) is 9.16. The highest BCUT2D eigenvalue weighted by Gasteiger charge is 2.52. The van der Waals surface area contributed by atoms with Crippen LogP contribution in [0.5, 0.6) is 0 Å². The minimum absolute atomic E-state index is 0.138. The maximum Gasteiger partial charge on any atom is 0.0953 e. The van der Waals surface area contributed by atoms with E-state index in [0.29, 0.717) is 6.42 Å². The molecule has 0 amide bonds. The fourth-order valence-corrected chi connectivity index (χ4v) is 2.34. The standard InChI is InChI=1S/C10H15NOS/c1-9(3-4-9)10(2,12)7-8-11-5-6-13-8/h5-6,12H,3-4,7H2,1-2H3. The van der Waals surface area contributed by atoms with Gasteiger partial charge in [-0.3, -0.25) is 0 Å². The Bertz CT molecular complexity index is 288. The average Bonchev–Trinajstić information content (AvgIpc) is 2.63. The zero-order chi connectivity index (χ0) is 9.53. The normalized spacial score (nSPS) is 23.9. The molecule has 1 aromatic rings. The lowest BCUT2D eigenvalue weighted by Crippen LogP contribution is -2.36. The molecular weight excluding hydrogens is 182 g/mol. The van der Waals surface area contributed by atoms with Gasteiger partial charge in [-0.25, -0.2) is 4.98 Å². The number of hydrogen-bond donors (Lipinski definition) is 1. The average molecular weight is 197 g/mol. The van der Waals surface area contributed by atoms with Gasteiger partial charge in [0.2, 0.25) is 0 Å². The SMILES string of the molecule is CC(O)(Cc1nccs1)C1(C)CC1. The van der Waals surface area contributed by atoms with Gasteiger partial charge in [0.25, 0.3) is 0 Å². The molecule has 0 aliphatic heterocycles. The summed E-state index contributed by atoms with van der Waals surface area (Å²) in [5, 5.41) is 13.3. The molecule has 1 fully saturated rings. The van der Waals surface area contributed by atoms with Gasteiger partial charge in [-0.15, -0.1) is 11.3 Å². The van der Waals surface area contributed by atoms with Crippen LogP contribution in [0.25, 0.3) is 0 Å². The van der Waals surface area contributed by atoms with E-state index in [9.17, 15) is 5.11 Å². The van der Waals surface area contributed by atoms with E-state index < -0.39 is 5.60 Å². The van der Waals surface area contributed by atoms with Crippen molar-refractivity contribution in [1.82, 2.24) is 4.98 Å². The fourth-order valence-electron chi connectivity index (χ4n) is 1.57. The third-order valence-electron chi connectivity index (χ3n) is 3.28. The summed E-state index contributed by atoms with van der Waals surface area (Å²) in [6.07, 6.45) is 4.78. The van der Waals surface area contributed by atoms with Crippen molar-refractivity contribution in [2.45, 2.75) is 38.7 Å². The second-order valence-electron chi connectivity index (χ2n) is 4.44. The Hall–Kier alpha value is -0.410. The lowest BCUT2D eigenvalue weighted by Gasteiger charge is -2.29. The van der Waals surface area contributed by atoms with Gasteiger partial charge in [-0.1, -0.05) is 6.92 Å². The Balaban J connectivity index is 2.09. The molecule has 0 bridgehead atoms. The summed E-state index contributed by atoms with van der Waals surface area (Å²) < 4.78 is 0. The van der Waals surface area contributed by atoms with Gasteiger partial charge in [0.1, 0.15) is 0 Å². The zero-order valence-electron chi connectivity index (χ0n) is 8.08. The first-order valence-electron chi connectivity index (χ1n) is 4.64. The van der Waals surface area contributed by atoms with Crippen LogP contribution in [0.15, 0.2) is 11.6 Å². The van der Waals surface area contributed by atoms with E-state index in [1.807, 2.05) is 12.3 Å². The molecule has 2 nitrogen and oxygen atoms in total. The zero-order valence-corrected chi connectivity index (χ0v) is 8.90. The van der Waals surface area contributed by atoms with Gasteiger partial charge >= 0.3 is 0 Å². The van der Waals surface area contributed by atoms with E-state index in [-0.39, 0.29) is 5.41 Å². The summed E-state index contributed by atoms with van der Waals surface area (Å²) in [7, 11) is 0. The first-order valence-corrected chi connectivity index (χ1v) is 5.52. The molecule has 0 radical (unpaired) electrons. The van der Waals surface area contributed by atoms with E-state index in [0.717, 1.165) is 17.8 Å². The van der Waals surface area contributed by atoms with Crippen molar-refractivity contribution in [2.75, 3.05) is 0 Å². The summed E-state index contributed by atoms with van der Waals surface area (Å²) in [6, 6.07) is 0. The molecule has 1 N–H and O–H groups in total. The monoisotopic (exact) mass is 197 g/mol. The van der Waals surface area contributed by atoms with Crippen LogP contribution >= 0.6 is 11.3 Å². The maximum absolute atomic E-state index is 10.3. The molecule has 1 saturated carbocycles. The summed E-state index contributed by atoms with van der Waals surface area (Å²) in [5.41, 5.74) is -0.441.